The number of imidazole rings is 1. The molecule has 1 N–H and O–H groups in total. The Balaban J connectivity index is 2.18. The van der Waals surface area contributed by atoms with Gasteiger partial charge in [0.15, 0.2) is 11.5 Å². The van der Waals surface area contributed by atoms with Crippen LogP contribution in [0.4, 0.5) is 0 Å². The molecule has 0 radical (unpaired) electrons. The van der Waals surface area contributed by atoms with Crippen molar-refractivity contribution in [3.63, 3.8) is 0 Å². The van der Waals surface area contributed by atoms with Gasteiger partial charge >= 0.3 is 5.97 Å². The monoisotopic (exact) mass is 269 g/mol. The van der Waals surface area contributed by atoms with Crippen LogP contribution >= 0.6 is 0 Å². The highest BCUT2D eigenvalue weighted by Crippen LogP contribution is 2.29. The van der Waals surface area contributed by atoms with E-state index in [9.17, 15) is 9.90 Å². The largest absolute Gasteiger partial charge is 0.476 e. The van der Waals surface area contributed by atoms with Gasteiger partial charge in [-0.3, -0.25) is 0 Å². The van der Waals surface area contributed by atoms with E-state index >= 15 is 0 Å². The number of aromatic nitrogens is 3. The first-order valence-corrected chi connectivity index (χ1v) is 5.93. The van der Waals surface area contributed by atoms with Crippen LogP contribution < -0.4 is 0 Å². The molecule has 0 saturated heterocycles. The number of rotatable bonds is 3. The van der Waals surface area contributed by atoms with Gasteiger partial charge < -0.3 is 14.1 Å². The summed E-state index contributed by atoms with van der Waals surface area (Å²) >= 11 is 0. The third-order valence-electron chi connectivity index (χ3n) is 2.90. The Kier molecular flexibility index (Phi) is 2.83. The van der Waals surface area contributed by atoms with Crippen LogP contribution in [0, 0.1) is 0 Å². The lowest BCUT2D eigenvalue weighted by atomic mass is 10.2. The zero-order valence-corrected chi connectivity index (χ0v) is 10.6. The zero-order chi connectivity index (χ0) is 14.1. The molecule has 0 atom stereocenters. The molecule has 0 spiro atoms. The van der Waals surface area contributed by atoms with E-state index in [-0.39, 0.29) is 17.3 Å². The molecule has 0 unspecified atom stereocenters. The van der Waals surface area contributed by atoms with Crippen molar-refractivity contribution < 1.29 is 14.3 Å². The van der Waals surface area contributed by atoms with Crippen molar-refractivity contribution >= 4 is 5.97 Å². The van der Waals surface area contributed by atoms with Gasteiger partial charge in [-0.1, -0.05) is 18.2 Å². The molecule has 1 aromatic carbocycles. The quantitative estimate of drug-likeness (QED) is 0.789. The fourth-order valence-electron chi connectivity index (χ4n) is 1.92. The van der Waals surface area contributed by atoms with Gasteiger partial charge in [0.2, 0.25) is 5.89 Å². The summed E-state index contributed by atoms with van der Waals surface area (Å²) in [5, 5.41) is 9.26. The Morgan fingerprint density at radius 1 is 1.30 bits per heavy atom. The van der Waals surface area contributed by atoms with Crippen molar-refractivity contribution in [2.24, 2.45) is 7.05 Å². The van der Waals surface area contributed by atoms with Gasteiger partial charge in [0.25, 0.3) is 0 Å². The van der Waals surface area contributed by atoms with Crippen LogP contribution in [-0.4, -0.2) is 25.6 Å². The van der Waals surface area contributed by atoms with Gasteiger partial charge in [0, 0.05) is 12.6 Å². The van der Waals surface area contributed by atoms with Crippen LogP contribution in [-0.2, 0) is 7.05 Å². The van der Waals surface area contributed by atoms with Crippen LogP contribution in [0.2, 0.25) is 0 Å². The molecule has 2 heterocycles. The first kappa shape index (κ1) is 12.2. The number of carboxylic acid groups (broad SMARTS) is 1. The van der Waals surface area contributed by atoms with Crippen molar-refractivity contribution in [2.45, 2.75) is 0 Å². The molecule has 20 heavy (non-hydrogen) atoms. The fourth-order valence-corrected chi connectivity index (χ4v) is 1.92. The van der Waals surface area contributed by atoms with E-state index in [2.05, 4.69) is 9.97 Å². The molecule has 0 aliphatic carbocycles. The smallest absolute Gasteiger partial charge is 0.358 e. The van der Waals surface area contributed by atoms with Crippen molar-refractivity contribution in [1.29, 1.82) is 0 Å². The SMILES string of the molecule is Cn1cncc1-c1oc(-c2ccccc2)nc1C(=O)O. The highest BCUT2D eigenvalue weighted by Gasteiger charge is 2.23. The summed E-state index contributed by atoms with van der Waals surface area (Å²) in [6.07, 6.45) is 3.12. The molecule has 0 fully saturated rings. The minimum Gasteiger partial charge on any atom is -0.476 e. The van der Waals surface area contributed by atoms with Gasteiger partial charge in [-0.25, -0.2) is 14.8 Å². The Hall–Kier alpha value is -2.89. The van der Waals surface area contributed by atoms with Crippen molar-refractivity contribution in [2.75, 3.05) is 0 Å². The van der Waals surface area contributed by atoms with E-state index in [0.29, 0.717) is 5.69 Å². The summed E-state index contributed by atoms with van der Waals surface area (Å²) in [5.41, 5.74) is 1.17. The van der Waals surface area contributed by atoms with Crippen molar-refractivity contribution in [3.05, 3.63) is 48.5 Å². The summed E-state index contributed by atoms with van der Waals surface area (Å²) < 4.78 is 7.32. The maximum Gasteiger partial charge on any atom is 0.358 e. The molecule has 3 aromatic rings. The lowest BCUT2D eigenvalue weighted by Crippen LogP contribution is -2.00. The number of nitrogens with zero attached hydrogens (tertiary/aromatic N) is 3. The second-order valence-corrected chi connectivity index (χ2v) is 4.26. The van der Waals surface area contributed by atoms with Gasteiger partial charge in [-0.15, -0.1) is 0 Å². The summed E-state index contributed by atoms with van der Waals surface area (Å²) in [5.74, 6) is -0.650. The van der Waals surface area contributed by atoms with E-state index < -0.39 is 5.97 Å². The third-order valence-corrected chi connectivity index (χ3v) is 2.90. The van der Waals surface area contributed by atoms with Crippen LogP contribution in [0.3, 0.4) is 0 Å². The molecule has 6 nitrogen and oxygen atoms in total. The maximum absolute atomic E-state index is 11.3. The number of carboxylic acids is 1. The Labute approximate surface area is 114 Å². The summed E-state index contributed by atoms with van der Waals surface area (Å²) in [6, 6.07) is 9.16. The van der Waals surface area contributed by atoms with Crippen LogP contribution in [0.5, 0.6) is 0 Å². The van der Waals surface area contributed by atoms with Gasteiger partial charge in [-0.05, 0) is 12.1 Å². The number of oxazole rings is 1. The van der Waals surface area contributed by atoms with E-state index in [1.807, 2.05) is 30.3 Å². The summed E-state index contributed by atoms with van der Waals surface area (Å²) in [4.78, 5) is 19.4. The Bertz CT molecular complexity index is 759. The van der Waals surface area contributed by atoms with Crippen LogP contribution in [0.15, 0.2) is 47.3 Å². The first-order chi connectivity index (χ1) is 9.66. The van der Waals surface area contributed by atoms with E-state index in [1.54, 1.807) is 24.1 Å². The minimum absolute atomic E-state index is 0.118. The minimum atomic E-state index is -1.13. The van der Waals surface area contributed by atoms with Gasteiger partial charge in [0.05, 0.1) is 12.5 Å². The topological polar surface area (TPSA) is 81.2 Å². The predicted octanol–water partition coefficient (Wildman–Crippen LogP) is 2.44. The second kappa shape index (κ2) is 4.65. The van der Waals surface area contributed by atoms with Crippen LogP contribution in [0.25, 0.3) is 22.9 Å². The molecule has 0 aliphatic rings. The lowest BCUT2D eigenvalue weighted by molar-refractivity contribution is 0.0691. The molecule has 0 saturated carbocycles. The molecule has 6 heteroatoms. The van der Waals surface area contributed by atoms with Gasteiger partial charge in [-0.2, -0.15) is 0 Å². The third kappa shape index (κ3) is 1.97. The summed E-state index contributed by atoms with van der Waals surface area (Å²) in [6.45, 7) is 0. The number of aromatic carboxylic acids is 1. The summed E-state index contributed by atoms with van der Waals surface area (Å²) in [7, 11) is 1.76. The molecule has 0 bridgehead atoms. The number of hydrogen-bond acceptors (Lipinski definition) is 4. The molecule has 0 aliphatic heterocycles. The number of hydrogen-bond donors (Lipinski definition) is 1. The molecular formula is C14H11N3O3. The first-order valence-electron chi connectivity index (χ1n) is 5.93. The molecule has 2 aromatic heterocycles. The number of benzene rings is 1. The second-order valence-electron chi connectivity index (χ2n) is 4.26. The fraction of sp³-hybridized carbons (Fsp3) is 0.0714. The van der Waals surface area contributed by atoms with Crippen molar-refractivity contribution in [1.82, 2.24) is 14.5 Å². The van der Waals surface area contributed by atoms with Gasteiger partial charge in [0.1, 0.15) is 5.69 Å². The van der Waals surface area contributed by atoms with Crippen LogP contribution in [0.1, 0.15) is 10.5 Å². The highest BCUT2D eigenvalue weighted by molar-refractivity contribution is 5.92. The van der Waals surface area contributed by atoms with Crippen molar-refractivity contribution in [3.8, 4) is 22.9 Å². The average Bonchev–Trinajstić information content (AvgIpc) is 3.05. The predicted molar refractivity (Wildman–Crippen MR) is 71.1 cm³/mol. The standard InChI is InChI=1S/C14H11N3O3/c1-17-8-15-7-10(17)12-11(14(18)19)16-13(20-12)9-5-3-2-4-6-9/h2-8H,1H3,(H,18,19). The molecule has 0 amide bonds. The maximum atomic E-state index is 11.3. The molecule has 3 rings (SSSR count). The lowest BCUT2D eigenvalue weighted by Gasteiger charge is -1.98. The average molecular weight is 269 g/mol. The molecular weight excluding hydrogens is 258 g/mol. The normalized spacial score (nSPS) is 10.7. The van der Waals surface area contributed by atoms with E-state index in [1.165, 1.54) is 0 Å². The zero-order valence-electron chi connectivity index (χ0n) is 10.6. The molecule has 100 valence electrons. The van der Waals surface area contributed by atoms with E-state index in [4.69, 9.17) is 4.42 Å². The Morgan fingerprint density at radius 2 is 2.05 bits per heavy atom. The number of aryl methyl sites for hydroxylation is 1. The Morgan fingerprint density at radius 3 is 2.65 bits per heavy atom. The van der Waals surface area contributed by atoms with E-state index in [0.717, 1.165) is 5.56 Å². The highest BCUT2D eigenvalue weighted by atomic mass is 16.4. The number of carbonyl (C=O) groups is 1.